The molecule has 0 bridgehead atoms. The standard InChI is InChI=1S/C16H21ClN2O4/c1-9(2)8-13(16(22)23-10(3)14(18)20)19-15(21)11-4-6-12(17)7-5-11/h4-7,9-10,13H,8H2,1-3H3,(H2,18,20)(H,19,21)/t10-,13-/m0/s1. The van der Waals surface area contributed by atoms with Gasteiger partial charge in [-0.3, -0.25) is 9.59 Å². The first-order valence-electron chi connectivity index (χ1n) is 7.27. The van der Waals surface area contributed by atoms with E-state index in [1.807, 2.05) is 13.8 Å². The number of esters is 1. The molecule has 0 spiro atoms. The summed E-state index contributed by atoms with van der Waals surface area (Å²) in [6.45, 7) is 5.20. The average molecular weight is 341 g/mol. The fraction of sp³-hybridized carbons (Fsp3) is 0.438. The molecule has 1 aromatic carbocycles. The van der Waals surface area contributed by atoms with E-state index in [4.69, 9.17) is 22.1 Å². The van der Waals surface area contributed by atoms with E-state index in [0.29, 0.717) is 17.0 Å². The maximum atomic E-state index is 12.2. The van der Waals surface area contributed by atoms with Gasteiger partial charge in [-0.2, -0.15) is 0 Å². The number of halogens is 1. The van der Waals surface area contributed by atoms with Gasteiger partial charge in [0.25, 0.3) is 11.8 Å². The molecule has 0 aromatic heterocycles. The highest BCUT2D eigenvalue weighted by atomic mass is 35.5. The number of carbonyl (C=O) groups excluding carboxylic acids is 3. The van der Waals surface area contributed by atoms with E-state index >= 15 is 0 Å². The lowest BCUT2D eigenvalue weighted by atomic mass is 10.0. The molecule has 2 amide bonds. The van der Waals surface area contributed by atoms with Gasteiger partial charge in [-0.25, -0.2) is 4.79 Å². The molecule has 6 nitrogen and oxygen atoms in total. The Balaban J connectivity index is 2.81. The SMILES string of the molecule is CC(C)C[C@H](NC(=O)c1ccc(Cl)cc1)C(=O)O[C@@H](C)C(N)=O. The van der Waals surface area contributed by atoms with Gasteiger partial charge in [-0.1, -0.05) is 25.4 Å². The maximum absolute atomic E-state index is 12.2. The van der Waals surface area contributed by atoms with E-state index in [-0.39, 0.29) is 5.92 Å². The zero-order valence-electron chi connectivity index (χ0n) is 13.3. The molecule has 23 heavy (non-hydrogen) atoms. The summed E-state index contributed by atoms with van der Waals surface area (Å²) in [4.78, 5) is 35.4. The molecule has 0 heterocycles. The Labute approximate surface area is 140 Å². The first-order valence-corrected chi connectivity index (χ1v) is 7.64. The van der Waals surface area contributed by atoms with Gasteiger partial charge in [0, 0.05) is 10.6 Å². The molecule has 0 fully saturated rings. The second kappa shape index (κ2) is 8.53. The zero-order chi connectivity index (χ0) is 17.6. The number of nitrogens with two attached hydrogens (primary N) is 1. The third-order valence-electron chi connectivity index (χ3n) is 3.10. The summed E-state index contributed by atoms with van der Waals surface area (Å²) in [5, 5.41) is 3.13. The van der Waals surface area contributed by atoms with E-state index < -0.39 is 29.9 Å². The van der Waals surface area contributed by atoms with Gasteiger partial charge in [-0.05, 0) is 43.5 Å². The summed E-state index contributed by atoms with van der Waals surface area (Å²) in [5.41, 5.74) is 5.45. The minimum Gasteiger partial charge on any atom is -0.451 e. The van der Waals surface area contributed by atoms with Gasteiger partial charge >= 0.3 is 5.97 Å². The Hall–Kier alpha value is -2.08. The number of benzene rings is 1. The minimum atomic E-state index is -1.05. The van der Waals surface area contributed by atoms with Gasteiger partial charge in [-0.15, -0.1) is 0 Å². The van der Waals surface area contributed by atoms with Crippen molar-refractivity contribution in [2.75, 3.05) is 0 Å². The van der Waals surface area contributed by atoms with Crippen LogP contribution in [0.2, 0.25) is 5.02 Å². The van der Waals surface area contributed by atoms with Crippen molar-refractivity contribution in [2.24, 2.45) is 11.7 Å². The highest BCUT2D eigenvalue weighted by Crippen LogP contribution is 2.12. The van der Waals surface area contributed by atoms with E-state index in [0.717, 1.165) is 0 Å². The first kappa shape index (κ1) is 19.0. The number of ether oxygens (including phenoxy) is 1. The third kappa shape index (κ3) is 6.28. The van der Waals surface area contributed by atoms with E-state index in [1.54, 1.807) is 24.3 Å². The molecule has 0 radical (unpaired) electrons. The van der Waals surface area contributed by atoms with Crippen LogP contribution in [0.15, 0.2) is 24.3 Å². The number of carbonyl (C=O) groups is 3. The molecular formula is C16H21ClN2O4. The zero-order valence-corrected chi connectivity index (χ0v) is 14.1. The Kier molecular flexibility index (Phi) is 7.03. The van der Waals surface area contributed by atoms with Gasteiger partial charge < -0.3 is 15.8 Å². The number of hydrogen-bond donors (Lipinski definition) is 2. The Morgan fingerprint density at radius 2 is 1.74 bits per heavy atom. The van der Waals surface area contributed by atoms with Crippen LogP contribution in [0.3, 0.4) is 0 Å². The van der Waals surface area contributed by atoms with Crippen LogP contribution in [0.1, 0.15) is 37.6 Å². The van der Waals surface area contributed by atoms with E-state index in [9.17, 15) is 14.4 Å². The lowest BCUT2D eigenvalue weighted by Crippen LogP contribution is -2.45. The van der Waals surface area contributed by atoms with E-state index in [2.05, 4.69) is 5.32 Å². The number of nitrogens with one attached hydrogen (secondary N) is 1. The van der Waals surface area contributed by atoms with Crippen molar-refractivity contribution in [2.45, 2.75) is 39.3 Å². The van der Waals surface area contributed by atoms with Crippen LogP contribution >= 0.6 is 11.6 Å². The number of amides is 2. The summed E-state index contributed by atoms with van der Waals surface area (Å²) in [6.07, 6.45) is -0.673. The van der Waals surface area contributed by atoms with Crippen LogP contribution in [-0.2, 0) is 14.3 Å². The third-order valence-corrected chi connectivity index (χ3v) is 3.35. The molecule has 7 heteroatoms. The molecule has 0 aliphatic heterocycles. The molecule has 126 valence electrons. The minimum absolute atomic E-state index is 0.141. The quantitative estimate of drug-likeness (QED) is 0.740. The first-order chi connectivity index (χ1) is 10.7. The average Bonchev–Trinajstić information content (AvgIpc) is 2.46. The fourth-order valence-electron chi connectivity index (χ4n) is 1.84. The lowest BCUT2D eigenvalue weighted by molar-refractivity contribution is -0.156. The molecule has 1 aromatic rings. The summed E-state index contributed by atoms with van der Waals surface area (Å²) < 4.78 is 4.98. The molecule has 0 aliphatic carbocycles. The number of rotatable bonds is 7. The van der Waals surface area contributed by atoms with E-state index in [1.165, 1.54) is 6.92 Å². The van der Waals surface area contributed by atoms with Gasteiger partial charge in [0.1, 0.15) is 6.04 Å². The largest absolute Gasteiger partial charge is 0.451 e. The van der Waals surface area contributed by atoms with Gasteiger partial charge in [0.15, 0.2) is 6.10 Å². The topological polar surface area (TPSA) is 98.5 Å². The Morgan fingerprint density at radius 1 is 1.17 bits per heavy atom. The van der Waals surface area contributed by atoms with Crippen molar-refractivity contribution in [3.05, 3.63) is 34.9 Å². The number of primary amides is 1. The van der Waals surface area contributed by atoms with Crippen LogP contribution in [0, 0.1) is 5.92 Å². The van der Waals surface area contributed by atoms with Crippen LogP contribution in [0.5, 0.6) is 0 Å². The molecule has 1 rings (SSSR count). The van der Waals surface area contributed by atoms with Gasteiger partial charge in [0.2, 0.25) is 0 Å². The van der Waals surface area contributed by atoms with Crippen LogP contribution in [0.25, 0.3) is 0 Å². The number of hydrogen-bond acceptors (Lipinski definition) is 4. The van der Waals surface area contributed by atoms with Crippen molar-refractivity contribution < 1.29 is 19.1 Å². The second-order valence-corrected chi connectivity index (χ2v) is 6.08. The fourth-order valence-corrected chi connectivity index (χ4v) is 1.97. The van der Waals surface area contributed by atoms with Crippen LogP contribution in [0.4, 0.5) is 0 Å². The molecule has 2 atom stereocenters. The smallest absolute Gasteiger partial charge is 0.329 e. The summed E-state index contributed by atoms with van der Waals surface area (Å²) >= 11 is 5.78. The van der Waals surface area contributed by atoms with Crippen LogP contribution in [-0.4, -0.2) is 29.9 Å². The van der Waals surface area contributed by atoms with Crippen molar-refractivity contribution in [3.8, 4) is 0 Å². The van der Waals surface area contributed by atoms with Crippen molar-refractivity contribution in [1.82, 2.24) is 5.32 Å². The molecule has 0 aliphatic rings. The normalized spacial score (nSPS) is 13.3. The molecular weight excluding hydrogens is 320 g/mol. The van der Waals surface area contributed by atoms with Crippen molar-refractivity contribution in [3.63, 3.8) is 0 Å². The van der Waals surface area contributed by atoms with Gasteiger partial charge in [0.05, 0.1) is 0 Å². The maximum Gasteiger partial charge on any atom is 0.329 e. The predicted molar refractivity (Wildman–Crippen MR) is 86.9 cm³/mol. The highest BCUT2D eigenvalue weighted by Gasteiger charge is 2.26. The lowest BCUT2D eigenvalue weighted by Gasteiger charge is -2.21. The summed E-state index contributed by atoms with van der Waals surface area (Å²) in [7, 11) is 0. The molecule has 0 saturated carbocycles. The molecule has 0 unspecified atom stereocenters. The monoisotopic (exact) mass is 340 g/mol. The van der Waals surface area contributed by atoms with Crippen LogP contribution < -0.4 is 11.1 Å². The predicted octanol–water partition coefficient (Wildman–Crippen LogP) is 1.90. The van der Waals surface area contributed by atoms with Crippen molar-refractivity contribution in [1.29, 1.82) is 0 Å². The summed E-state index contributed by atoms with van der Waals surface area (Å²) in [5.74, 6) is -1.71. The molecule has 3 N–H and O–H groups in total. The Bertz CT molecular complexity index is 572. The molecule has 0 saturated heterocycles. The Morgan fingerprint density at radius 3 is 2.22 bits per heavy atom. The summed E-state index contributed by atoms with van der Waals surface area (Å²) in [6, 6.07) is 5.42. The van der Waals surface area contributed by atoms with Crippen molar-refractivity contribution >= 4 is 29.4 Å². The second-order valence-electron chi connectivity index (χ2n) is 5.64. The highest BCUT2D eigenvalue weighted by molar-refractivity contribution is 6.30.